The number of halogens is 1. The summed E-state index contributed by atoms with van der Waals surface area (Å²) in [5, 5.41) is 2.71. The van der Waals surface area contributed by atoms with Crippen molar-refractivity contribution in [3.63, 3.8) is 0 Å². The van der Waals surface area contributed by atoms with Crippen LogP contribution in [-0.2, 0) is 0 Å². The van der Waals surface area contributed by atoms with Crippen molar-refractivity contribution in [2.24, 2.45) is 11.3 Å². The monoisotopic (exact) mass is 464 g/mol. The van der Waals surface area contributed by atoms with Gasteiger partial charge in [-0.15, -0.1) is 0 Å². The van der Waals surface area contributed by atoms with Gasteiger partial charge in [0.2, 0.25) is 0 Å². The molecule has 1 unspecified atom stereocenters. The van der Waals surface area contributed by atoms with Gasteiger partial charge < -0.3 is 0 Å². The van der Waals surface area contributed by atoms with Crippen LogP contribution in [0.25, 0.3) is 16.3 Å². The van der Waals surface area contributed by atoms with Crippen LogP contribution in [0.15, 0.2) is 90.1 Å². The number of benzene rings is 2. The minimum absolute atomic E-state index is 0.133. The first-order chi connectivity index (χ1) is 12.9. The summed E-state index contributed by atoms with van der Waals surface area (Å²) in [4.78, 5) is 0. The van der Waals surface area contributed by atoms with E-state index in [2.05, 4.69) is 111 Å². The zero-order chi connectivity index (χ0) is 19.2. The SMILES string of the molecule is C=C/C=C\C1=C(C)C2=CC=C(c3ccc(I)c4ccccc34)CC2C1(C)C. The standard InChI is InChI=1S/C26H25I/c1-5-6-11-23-17(2)19-13-12-18(16-24(19)26(23,3)4)20-14-15-25(27)22-10-8-7-9-21(20)22/h5-15,24H,1,16H2,2-4H3/b11-6-. The average Bonchev–Trinajstić information content (AvgIpc) is 2.86. The molecule has 27 heavy (non-hydrogen) atoms. The van der Waals surface area contributed by atoms with Crippen LogP contribution < -0.4 is 0 Å². The highest BCUT2D eigenvalue weighted by Gasteiger charge is 2.43. The Kier molecular flexibility index (Phi) is 4.75. The molecule has 2 aromatic rings. The molecule has 0 N–H and O–H groups in total. The maximum atomic E-state index is 3.84. The van der Waals surface area contributed by atoms with Crippen molar-refractivity contribution < 1.29 is 0 Å². The third-order valence-electron chi connectivity index (χ3n) is 6.28. The van der Waals surface area contributed by atoms with Crippen molar-refractivity contribution in [3.8, 4) is 0 Å². The first-order valence-corrected chi connectivity index (χ1v) is 10.6. The molecule has 1 heteroatoms. The van der Waals surface area contributed by atoms with Crippen molar-refractivity contribution in [2.45, 2.75) is 27.2 Å². The molecular formula is C26H25I. The van der Waals surface area contributed by atoms with Crippen LogP contribution in [0.3, 0.4) is 0 Å². The van der Waals surface area contributed by atoms with E-state index in [0.717, 1.165) is 6.42 Å². The van der Waals surface area contributed by atoms with E-state index in [1.54, 1.807) is 0 Å². The lowest BCUT2D eigenvalue weighted by molar-refractivity contribution is 0.340. The Bertz CT molecular complexity index is 1060. The van der Waals surface area contributed by atoms with Crippen molar-refractivity contribution in [1.29, 1.82) is 0 Å². The van der Waals surface area contributed by atoms with Crippen molar-refractivity contribution >= 4 is 38.9 Å². The third-order valence-corrected chi connectivity index (χ3v) is 7.22. The molecule has 0 saturated carbocycles. The summed E-state index contributed by atoms with van der Waals surface area (Å²) in [6.07, 6.45) is 12.0. The maximum absolute atomic E-state index is 3.84. The number of fused-ring (bicyclic) bond motifs is 2. The third kappa shape index (κ3) is 2.97. The lowest BCUT2D eigenvalue weighted by Crippen LogP contribution is -2.23. The van der Waals surface area contributed by atoms with Gasteiger partial charge in [0.25, 0.3) is 0 Å². The van der Waals surface area contributed by atoms with Gasteiger partial charge >= 0.3 is 0 Å². The second-order valence-corrected chi connectivity index (χ2v) is 9.23. The maximum Gasteiger partial charge on any atom is 0.0209 e. The van der Waals surface area contributed by atoms with Crippen LogP contribution in [0.5, 0.6) is 0 Å². The molecule has 2 aromatic carbocycles. The molecule has 0 nitrogen and oxygen atoms in total. The van der Waals surface area contributed by atoms with Crippen LogP contribution in [0.1, 0.15) is 32.8 Å². The molecule has 0 spiro atoms. The second kappa shape index (κ2) is 6.94. The van der Waals surface area contributed by atoms with Crippen molar-refractivity contribution in [3.05, 3.63) is 99.2 Å². The van der Waals surface area contributed by atoms with E-state index in [1.165, 1.54) is 42.2 Å². The van der Waals surface area contributed by atoms with Crippen molar-refractivity contribution in [2.75, 3.05) is 0 Å². The quantitative estimate of drug-likeness (QED) is 0.320. The molecule has 0 aromatic heterocycles. The minimum Gasteiger partial charge on any atom is -0.0991 e. The molecule has 2 aliphatic carbocycles. The van der Waals surface area contributed by atoms with E-state index in [-0.39, 0.29) is 5.41 Å². The van der Waals surface area contributed by atoms with Crippen LogP contribution in [0.4, 0.5) is 0 Å². The highest BCUT2D eigenvalue weighted by Crippen LogP contribution is 2.55. The van der Waals surface area contributed by atoms with Gasteiger partial charge in [0.15, 0.2) is 0 Å². The van der Waals surface area contributed by atoms with Gasteiger partial charge in [0.1, 0.15) is 0 Å². The molecular weight excluding hydrogens is 439 g/mol. The van der Waals surface area contributed by atoms with E-state index in [0.29, 0.717) is 5.92 Å². The van der Waals surface area contributed by atoms with Crippen LogP contribution in [-0.4, -0.2) is 0 Å². The van der Waals surface area contributed by atoms with Crippen molar-refractivity contribution in [1.82, 2.24) is 0 Å². The molecule has 136 valence electrons. The largest absolute Gasteiger partial charge is 0.0991 e. The fourth-order valence-corrected chi connectivity index (χ4v) is 5.46. The molecule has 2 aliphatic rings. The number of hydrogen-bond acceptors (Lipinski definition) is 0. The van der Waals surface area contributed by atoms with E-state index < -0.39 is 0 Å². The van der Waals surface area contributed by atoms with Gasteiger partial charge in [0, 0.05) is 3.57 Å². The summed E-state index contributed by atoms with van der Waals surface area (Å²) >= 11 is 2.44. The second-order valence-electron chi connectivity index (χ2n) is 8.07. The first kappa shape index (κ1) is 18.5. The van der Waals surface area contributed by atoms with Crippen LogP contribution in [0, 0.1) is 14.9 Å². The zero-order valence-electron chi connectivity index (χ0n) is 16.2. The number of hydrogen-bond donors (Lipinski definition) is 0. The molecule has 1 atom stereocenters. The molecule has 0 radical (unpaired) electrons. The number of rotatable bonds is 3. The Hall–Kier alpha value is -1.87. The van der Waals surface area contributed by atoms with Gasteiger partial charge in [-0.2, -0.15) is 0 Å². The fraction of sp³-hybridized carbons (Fsp3) is 0.231. The molecule has 0 fully saturated rings. The topological polar surface area (TPSA) is 0 Å². The summed E-state index contributed by atoms with van der Waals surface area (Å²) in [6.45, 7) is 10.9. The average molecular weight is 464 g/mol. The Morgan fingerprint density at radius 1 is 1.07 bits per heavy atom. The fourth-order valence-electron chi connectivity index (χ4n) is 4.81. The molecule has 0 aliphatic heterocycles. The normalized spacial score (nSPS) is 21.4. The molecule has 0 saturated heterocycles. The van der Waals surface area contributed by atoms with E-state index in [4.69, 9.17) is 0 Å². The lowest BCUT2D eigenvalue weighted by atomic mass is 9.70. The summed E-state index contributed by atoms with van der Waals surface area (Å²) in [6, 6.07) is 13.3. The van der Waals surface area contributed by atoms with Gasteiger partial charge in [-0.1, -0.05) is 81.1 Å². The molecule has 0 amide bonds. The zero-order valence-corrected chi connectivity index (χ0v) is 18.4. The van der Waals surface area contributed by atoms with E-state index in [9.17, 15) is 0 Å². The number of allylic oxidation sites excluding steroid dienone is 9. The lowest BCUT2D eigenvalue weighted by Gasteiger charge is -2.33. The first-order valence-electron chi connectivity index (χ1n) is 9.54. The Balaban J connectivity index is 1.82. The Morgan fingerprint density at radius 3 is 2.56 bits per heavy atom. The highest BCUT2D eigenvalue weighted by atomic mass is 127. The highest BCUT2D eigenvalue weighted by molar-refractivity contribution is 14.1. The molecule has 0 heterocycles. The molecule has 0 bridgehead atoms. The summed E-state index contributed by atoms with van der Waals surface area (Å²) < 4.78 is 1.31. The van der Waals surface area contributed by atoms with Gasteiger partial charge in [-0.3, -0.25) is 0 Å². The van der Waals surface area contributed by atoms with E-state index in [1.807, 2.05) is 6.08 Å². The summed E-state index contributed by atoms with van der Waals surface area (Å²) in [7, 11) is 0. The van der Waals surface area contributed by atoms with Gasteiger partial charge in [0.05, 0.1) is 0 Å². The molecule has 4 rings (SSSR count). The van der Waals surface area contributed by atoms with Gasteiger partial charge in [-0.25, -0.2) is 0 Å². The summed E-state index contributed by atoms with van der Waals surface area (Å²) in [5.41, 5.74) is 7.35. The van der Waals surface area contributed by atoms with Crippen LogP contribution >= 0.6 is 22.6 Å². The predicted molar refractivity (Wildman–Crippen MR) is 127 cm³/mol. The minimum atomic E-state index is 0.133. The van der Waals surface area contributed by atoms with Gasteiger partial charge in [-0.05, 0) is 92.0 Å². The predicted octanol–water partition coefficient (Wildman–Crippen LogP) is 7.87. The van der Waals surface area contributed by atoms with E-state index >= 15 is 0 Å². The van der Waals surface area contributed by atoms with Crippen LogP contribution in [0.2, 0.25) is 0 Å². The Morgan fingerprint density at radius 2 is 1.81 bits per heavy atom. The summed E-state index contributed by atoms with van der Waals surface area (Å²) in [5.74, 6) is 0.528. The smallest absolute Gasteiger partial charge is 0.0209 e. The Labute approximate surface area is 176 Å².